The van der Waals surface area contributed by atoms with Gasteiger partial charge in [0.15, 0.2) is 11.5 Å². The molecule has 3 aromatic carbocycles. The molecule has 3 atom stereocenters. The molecule has 1 fully saturated rings. The van der Waals surface area contributed by atoms with Gasteiger partial charge < -0.3 is 19.1 Å². The van der Waals surface area contributed by atoms with E-state index >= 15 is 0 Å². The minimum absolute atomic E-state index is 0.00292. The quantitative estimate of drug-likeness (QED) is 0.341. The number of hydrogen-bond acceptors (Lipinski definition) is 6. The van der Waals surface area contributed by atoms with E-state index in [-0.39, 0.29) is 23.0 Å². The summed E-state index contributed by atoms with van der Waals surface area (Å²) in [5, 5.41) is 0. The number of rotatable bonds is 5. The molecule has 1 saturated carbocycles. The number of fused-ring (bicyclic) bond motifs is 2. The Morgan fingerprint density at radius 3 is 2.07 bits per heavy atom. The maximum Gasteiger partial charge on any atom is 0.224 e. The second-order valence-corrected chi connectivity index (χ2v) is 11.8. The highest BCUT2D eigenvalue weighted by molar-refractivity contribution is 6.13. The number of para-hydroxylation sites is 2. The first-order chi connectivity index (χ1) is 19.6. The molecule has 41 heavy (non-hydrogen) atoms. The van der Waals surface area contributed by atoms with Crippen LogP contribution in [0.1, 0.15) is 69.2 Å². The summed E-state index contributed by atoms with van der Waals surface area (Å²) in [5.41, 5.74) is 5.25. The van der Waals surface area contributed by atoms with Crippen molar-refractivity contribution in [2.45, 2.75) is 57.9 Å². The zero-order valence-corrected chi connectivity index (χ0v) is 24.9. The molecule has 1 amide bonds. The number of carbonyl (C=O) groups is 2. The molecule has 1 aliphatic carbocycles. The third-order valence-corrected chi connectivity index (χ3v) is 8.22. The van der Waals surface area contributed by atoms with Crippen molar-refractivity contribution in [3.63, 3.8) is 0 Å². The number of anilines is 1. The number of aliphatic imine (C=N–C) groups is 1. The van der Waals surface area contributed by atoms with Gasteiger partial charge in [0.1, 0.15) is 5.78 Å². The maximum absolute atomic E-state index is 14.2. The highest BCUT2D eigenvalue weighted by atomic mass is 16.5. The lowest BCUT2D eigenvalue weighted by Gasteiger charge is -2.38. The summed E-state index contributed by atoms with van der Waals surface area (Å²) in [7, 11) is 4.66. The van der Waals surface area contributed by atoms with Crippen LogP contribution in [-0.4, -0.2) is 38.7 Å². The van der Waals surface area contributed by atoms with E-state index in [9.17, 15) is 9.59 Å². The molecule has 7 nitrogen and oxygen atoms in total. The topological polar surface area (TPSA) is 77.4 Å². The third-order valence-electron chi connectivity index (χ3n) is 8.22. The van der Waals surface area contributed by atoms with Gasteiger partial charge in [-0.1, -0.05) is 57.2 Å². The number of ether oxygens (including phenoxy) is 3. The Morgan fingerprint density at radius 1 is 0.878 bits per heavy atom. The van der Waals surface area contributed by atoms with Crippen molar-refractivity contribution in [3.8, 4) is 17.2 Å². The van der Waals surface area contributed by atoms with Gasteiger partial charge in [0.2, 0.25) is 11.7 Å². The normalized spacial score (nSPS) is 20.4. The van der Waals surface area contributed by atoms with Crippen LogP contribution in [0.5, 0.6) is 17.2 Å². The molecule has 3 aromatic rings. The second kappa shape index (κ2) is 11.0. The van der Waals surface area contributed by atoms with Crippen LogP contribution in [0.2, 0.25) is 0 Å². The van der Waals surface area contributed by atoms with Crippen LogP contribution >= 0.6 is 0 Å². The van der Waals surface area contributed by atoms with Crippen molar-refractivity contribution in [3.05, 3.63) is 77.4 Å². The fraction of sp³-hybridized carbons (Fsp3) is 0.382. The second-order valence-electron chi connectivity index (χ2n) is 11.8. The Morgan fingerprint density at radius 2 is 1.51 bits per heavy atom. The molecule has 0 bridgehead atoms. The lowest BCUT2D eigenvalue weighted by molar-refractivity contribution is -0.123. The van der Waals surface area contributed by atoms with E-state index in [0.29, 0.717) is 47.0 Å². The van der Waals surface area contributed by atoms with Crippen molar-refractivity contribution >= 4 is 28.8 Å². The Hall–Kier alpha value is -4.13. The van der Waals surface area contributed by atoms with E-state index in [2.05, 4.69) is 45.0 Å². The molecule has 5 rings (SSSR count). The molecule has 7 heteroatoms. The number of hydrogen-bond donors (Lipinski definition) is 0. The fourth-order valence-electron chi connectivity index (χ4n) is 6.17. The Bertz CT molecular complexity index is 1480. The average Bonchev–Trinajstić information content (AvgIpc) is 3.10. The lowest BCUT2D eigenvalue weighted by Crippen LogP contribution is -2.45. The smallest absolute Gasteiger partial charge is 0.224 e. The zero-order valence-electron chi connectivity index (χ0n) is 24.9. The first kappa shape index (κ1) is 28.4. The molecule has 0 N–H and O–H groups in total. The minimum Gasteiger partial charge on any atom is -0.493 e. The van der Waals surface area contributed by atoms with Crippen molar-refractivity contribution in [1.29, 1.82) is 0 Å². The number of benzene rings is 3. The molecule has 1 heterocycles. The van der Waals surface area contributed by atoms with Crippen molar-refractivity contribution in [2.75, 3.05) is 26.2 Å². The Labute approximate surface area is 242 Å². The van der Waals surface area contributed by atoms with E-state index in [0.717, 1.165) is 11.3 Å². The number of carbonyl (C=O) groups excluding carboxylic acids is 2. The lowest BCUT2D eigenvalue weighted by atomic mass is 9.71. The fourth-order valence-corrected chi connectivity index (χ4v) is 6.17. The van der Waals surface area contributed by atoms with Crippen LogP contribution in [0.3, 0.4) is 0 Å². The highest BCUT2D eigenvalue weighted by Crippen LogP contribution is 2.50. The molecule has 0 radical (unpaired) electrons. The van der Waals surface area contributed by atoms with Crippen molar-refractivity contribution in [2.24, 2.45) is 10.9 Å². The molecule has 0 aromatic heterocycles. The summed E-state index contributed by atoms with van der Waals surface area (Å²) < 4.78 is 16.9. The molecule has 0 saturated heterocycles. The molecular weight excluding hydrogens is 516 g/mol. The standard InChI is InChI=1S/C34H38N2O5/c1-20(37)36-27-11-9-8-10-25(27)35-26-16-22(21-12-14-24(15-13-21)34(2,3)4)17-28(38)31(26)32(36)23-18-29(39-5)33(41-7)30(19-23)40-6/h8-15,18-19,22,31-32H,16-17H2,1-7H3. The van der Waals surface area contributed by atoms with Crippen molar-refractivity contribution < 1.29 is 23.8 Å². The summed E-state index contributed by atoms with van der Waals surface area (Å²) in [6.45, 7) is 8.11. The van der Waals surface area contributed by atoms with E-state index in [1.165, 1.54) is 12.5 Å². The summed E-state index contributed by atoms with van der Waals surface area (Å²) in [5.74, 6) is 0.619. The van der Waals surface area contributed by atoms with E-state index in [4.69, 9.17) is 19.2 Å². The average molecular weight is 555 g/mol. The Balaban J connectivity index is 1.66. The number of nitrogens with zero attached hydrogens (tertiary/aromatic N) is 2. The van der Waals surface area contributed by atoms with Crippen molar-refractivity contribution in [1.82, 2.24) is 0 Å². The summed E-state index contributed by atoms with van der Waals surface area (Å²) in [6, 6.07) is 19.2. The van der Waals surface area contributed by atoms with E-state index in [1.54, 1.807) is 26.2 Å². The first-order valence-electron chi connectivity index (χ1n) is 14.0. The van der Waals surface area contributed by atoms with Crippen LogP contribution in [0.25, 0.3) is 0 Å². The largest absolute Gasteiger partial charge is 0.493 e. The number of methoxy groups -OCH3 is 3. The van der Waals surface area contributed by atoms with Gasteiger partial charge >= 0.3 is 0 Å². The third kappa shape index (κ3) is 5.21. The summed E-state index contributed by atoms with van der Waals surface area (Å²) in [4.78, 5) is 34.4. The molecule has 3 unspecified atom stereocenters. The summed E-state index contributed by atoms with van der Waals surface area (Å²) >= 11 is 0. The van der Waals surface area contributed by atoms with Gasteiger partial charge in [-0.05, 0) is 58.7 Å². The maximum atomic E-state index is 14.2. The van der Waals surface area contributed by atoms with E-state index < -0.39 is 12.0 Å². The highest BCUT2D eigenvalue weighted by Gasteiger charge is 2.46. The van der Waals surface area contributed by atoms with Gasteiger partial charge in [0.25, 0.3) is 0 Å². The number of amides is 1. The predicted octanol–water partition coefficient (Wildman–Crippen LogP) is 6.95. The van der Waals surface area contributed by atoms with Crippen LogP contribution in [0.15, 0.2) is 65.7 Å². The number of ketones is 1. The molecule has 1 aliphatic heterocycles. The van der Waals surface area contributed by atoms with Crippen LogP contribution in [0, 0.1) is 5.92 Å². The van der Waals surface area contributed by atoms with Gasteiger partial charge in [-0.15, -0.1) is 0 Å². The van der Waals surface area contributed by atoms with Crippen LogP contribution in [-0.2, 0) is 15.0 Å². The van der Waals surface area contributed by atoms with Gasteiger partial charge in [-0.25, -0.2) is 0 Å². The Kier molecular flexibility index (Phi) is 7.64. The van der Waals surface area contributed by atoms with Crippen LogP contribution < -0.4 is 19.1 Å². The summed E-state index contributed by atoms with van der Waals surface area (Å²) in [6.07, 6.45) is 0.980. The minimum atomic E-state index is -0.639. The number of Topliss-reactive ketones (excluding diaryl/α,β-unsaturated/α-hetero) is 1. The molecule has 0 spiro atoms. The SMILES string of the molecule is COc1cc(C2C3C(=O)CC(c4ccc(C(C)(C)C)cc4)CC3=Nc3ccccc3N2C(C)=O)cc(OC)c1OC. The first-order valence-corrected chi connectivity index (χ1v) is 14.0. The van der Waals surface area contributed by atoms with Gasteiger partial charge in [0, 0.05) is 19.1 Å². The van der Waals surface area contributed by atoms with Gasteiger partial charge in [0.05, 0.1) is 44.7 Å². The van der Waals surface area contributed by atoms with Crippen LogP contribution in [0.4, 0.5) is 11.4 Å². The van der Waals surface area contributed by atoms with Gasteiger partial charge in [-0.3, -0.25) is 14.6 Å². The zero-order chi connectivity index (χ0) is 29.5. The van der Waals surface area contributed by atoms with Gasteiger partial charge in [-0.2, -0.15) is 0 Å². The molecular formula is C34H38N2O5. The predicted molar refractivity (Wildman–Crippen MR) is 161 cm³/mol. The monoisotopic (exact) mass is 554 g/mol. The molecule has 214 valence electrons. The van der Waals surface area contributed by atoms with E-state index in [1.807, 2.05) is 36.4 Å². The molecule has 2 aliphatic rings.